The Balaban J connectivity index is 1.27. The SMILES string of the molecule is C[C@H](CCC(=O)Nc1ccc(F)c(Cl)c1)[C@H]1CCC2C3C(C[C@H](O)[C@@]21C)[C@@]1(C)CC[C@@H](O)CC1C[C@H]3O. The molecule has 0 saturated heterocycles. The molecule has 206 valence electrons. The molecule has 4 aliphatic rings. The van der Waals surface area contributed by atoms with Gasteiger partial charge in [0.25, 0.3) is 0 Å². The molecule has 7 heteroatoms. The maximum absolute atomic E-state index is 13.4. The van der Waals surface area contributed by atoms with Crippen LogP contribution in [0.1, 0.15) is 78.6 Å². The van der Waals surface area contributed by atoms with Crippen molar-refractivity contribution in [2.45, 2.75) is 96.9 Å². The number of carbonyl (C=O) groups excluding carboxylic acids is 1. The van der Waals surface area contributed by atoms with E-state index >= 15 is 0 Å². The molecule has 37 heavy (non-hydrogen) atoms. The van der Waals surface area contributed by atoms with E-state index in [2.05, 4.69) is 26.1 Å². The van der Waals surface area contributed by atoms with Gasteiger partial charge in [-0.1, -0.05) is 32.4 Å². The van der Waals surface area contributed by atoms with Crippen molar-refractivity contribution in [2.24, 2.45) is 46.3 Å². The first kappa shape index (κ1) is 27.4. The van der Waals surface area contributed by atoms with E-state index in [-0.39, 0.29) is 63.6 Å². The number of aliphatic hydroxyl groups excluding tert-OH is 3. The summed E-state index contributed by atoms with van der Waals surface area (Å²) in [6.45, 7) is 6.78. The summed E-state index contributed by atoms with van der Waals surface area (Å²) in [5.41, 5.74) is 0.273. The second-order valence-corrected chi connectivity index (χ2v) is 13.6. The van der Waals surface area contributed by atoms with Crippen molar-refractivity contribution in [1.29, 1.82) is 0 Å². The fourth-order valence-corrected chi connectivity index (χ4v) is 9.67. The molecule has 0 aliphatic heterocycles. The van der Waals surface area contributed by atoms with Crippen LogP contribution < -0.4 is 5.32 Å². The van der Waals surface area contributed by atoms with Gasteiger partial charge in [-0.25, -0.2) is 4.39 Å². The molecule has 0 bridgehead atoms. The van der Waals surface area contributed by atoms with Crippen LogP contribution in [0.15, 0.2) is 18.2 Å². The molecule has 11 atom stereocenters. The second-order valence-electron chi connectivity index (χ2n) is 13.2. The number of benzene rings is 1. The van der Waals surface area contributed by atoms with Crippen LogP contribution in [0, 0.1) is 52.2 Å². The molecule has 0 spiro atoms. The maximum Gasteiger partial charge on any atom is 0.224 e. The average Bonchev–Trinajstić information content (AvgIpc) is 3.20. The molecule has 4 unspecified atom stereocenters. The van der Waals surface area contributed by atoms with Crippen LogP contribution in [0.2, 0.25) is 5.02 Å². The monoisotopic (exact) mass is 535 g/mol. The van der Waals surface area contributed by atoms with E-state index in [9.17, 15) is 24.5 Å². The van der Waals surface area contributed by atoms with Gasteiger partial charge >= 0.3 is 0 Å². The van der Waals surface area contributed by atoms with Crippen LogP contribution in [0.3, 0.4) is 0 Å². The number of nitrogens with one attached hydrogen (secondary N) is 1. The molecule has 4 fully saturated rings. The summed E-state index contributed by atoms with van der Waals surface area (Å²) in [4.78, 5) is 12.6. The highest BCUT2D eigenvalue weighted by molar-refractivity contribution is 6.31. The van der Waals surface area contributed by atoms with Gasteiger partial charge in [-0.05, 0) is 116 Å². The Morgan fingerprint density at radius 3 is 2.62 bits per heavy atom. The van der Waals surface area contributed by atoms with Gasteiger partial charge in [-0.15, -0.1) is 0 Å². The normalized spacial score (nSPS) is 43.9. The number of aliphatic hydroxyl groups is 3. The molecular weight excluding hydrogens is 493 g/mol. The van der Waals surface area contributed by atoms with E-state index in [1.165, 1.54) is 18.2 Å². The Bertz CT molecular complexity index is 1020. The lowest BCUT2D eigenvalue weighted by Gasteiger charge is -2.63. The molecule has 4 aliphatic carbocycles. The molecule has 1 amide bonds. The third kappa shape index (κ3) is 4.64. The molecular formula is C30H43ClFNO4. The molecule has 0 radical (unpaired) electrons. The van der Waals surface area contributed by atoms with Gasteiger partial charge in [0.1, 0.15) is 5.82 Å². The Morgan fingerprint density at radius 2 is 1.89 bits per heavy atom. The van der Waals surface area contributed by atoms with Gasteiger partial charge in [0.2, 0.25) is 5.91 Å². The van der Waals surface area contributed by atoms with E-state index in [1.807, 2.05) is 0 Å². The Kier molecular flexibility index (Phi) is 7.45. The number of fused-ring (bicyclic) bond motifs is 5. The first-order valence-electron chi connectivity index (χ1n) is 14.2. The van der Waals surface area contributed by atoms with Crippen molar-refractivity contribution < 1.29 is 24.5 Å². The minimum absolute atomic E-state index is 0.0184. The number of hydrogen-bond donors (Lipinski definition) is 4. The molecule has 1 aromatic carbocycles. The van der Waals surface area contributed by atoms with E-state index in [4.69, 9.17) is 11.6 Å². The number of carbonyl (C=O) groups is 1. The highest BCUT2D eigenvalue weighted by atomic mass is 35.5. The fourth-order valence-electron chi connectivity index (χ4n) is 9.49. The van der Waals surface area contributed by atoms with Crippen LogP contribution in [0.4, 0.5) is 10.1 Å². The third-order valence-electron chi connectivity index (χ3n) is 11.6. The summed E-state index contributed by atoms with van der Waals surface area (Å²) in [5.74, 6) is 0.944. The second kappa shape index (κ2) is 10.1. The van der Waals surface area contributed by atoms with Crippen LogP contribution in [0.5, 0.6) is 0 Å². The van der Waals surface area contributed by atoms with Crippen LogP contribution in [-0.4, -0.2) is 39.5 Å². The molecule has 5 nitrogen and oxygen atoms in total. The Morgan fingerprint density at radius 1 is 1.14 bits per heavy atom. The smallest absolute Gasteiger partial charge is 0.224 e. The molecule has 1 aromatic rings. The fraction of sp³-hybridized carbons (Fsp3) is 0.767. The molecule has 0 aromatic heterocycles. The standard InChI is InChI=1S/C30H43ClFNO4/c1-16(4-9-27(37)33-18-5-8-24(32)23(31)14-18)20-6-7-21-28-22(15-26(36)30(20,21)3)29(2)11-10-19(34)12-17(29)13-25(28)35/h5,8,14,16-17,19-22,25-26,28,34-36H,4,6-7,9-13,15H2,1-3H3,(H,33,37)/t16-,17?,19-,20-,21?,22?,25-,26+,28?,29+,30-/m1/s1. The topological polar surface area (TPSA) is 89.8 Å². The number of anilines is 1. The van der Waals surface area contributed by atoms with Gasteiger partial charge in [-0.3, -0.25) is 4.79 Å². The lowest BCUT2D eigenvalue weighted by Crippen LogP contribution is -2.62. The molecule has 5 rings (SSSR count). The first-order chi connectivity index (χ1) is 17.4. The Hall–Kier alpha value is -1.21. The van der Waals surface area contributed by atoms with Crippen molar-refractivity contribution in [3.63, 3.8) is 0 Å². The summed E-state index contributed by atoms with van der Waals surface area (Å²) in [5, 5.41) is 36.2. The number of rotatable bonds is 5. The summed E-state index contributed by atoms with van der Waals surface area (Å²) in [7, 11) is 0. The molecule has 4 saturated carbocycles. The number of halogens is 2. The minimum atomic E-state index is -0.515. The summed E-state index contributed by atoms with van der Waals surface area (Å²) < 4.78 is 13.4. The largest absolute Gasteiger partial charge is 0.393 e. The zero-order valence-corrected chi connectivity index (χ0v) is 23.1. The summed E-state index contributed by atoms with van der Waals surface area (Å²) in [6.07, 6.45) is 6.00. The van der Waals surface area contributed by atoms with Crippen molar-refractivity contribution in [2.75, 3.05) is 5.32 Å². The van der Waals surface area contributed by atoms with Crippen LogP contribution >= 0.6 is 11.6 Å². The van der Waals surface area contributed by atoms with Crippen molar-refractivity contribution in [3.8, 4) is 0 Å². The Labute approximate surface area is 225 Å². The third-order valence-corrected chi connectivity index (χ3v) is 11.8. The lowest BCUT2D eigenvalue weighted by atomic mass is 9.43. The van der Waals surface area contributed by atoms with E-state index in [0.29, 0.717) is 30.9 Å². The van der Waals surface area contributed by atoms with E-state index in [0.717, 1.165) is 38.5 Å². The van der Waals surface area contributed by atoms with Gasteiger partial charge in [-0.2, -0.15) is 0 Å². The summed E-state index contributed by atoms with van der Waals surface area (Å²) >= 11 is 5.84. The van der Waals surface area contributed by atoms with Crippen LogP contribution in [-0.2, 0) is 4.79 Å². The van der Waals surface area contributed by atoms with Crippen molar-refractivity contribution in [1.82, 2.24) is 0 Å². The minimum Gasteiger partial charge on any atom is -0.393 e. The zero-order chi connectivity index (χ0) is 26.7. The molecule has 4 N–H and O–H groups in total. The van der Waals surface area contributed by atoms with Crippen LogP contribution in [0.25, 0.3) is 0 Å². The highest BCUT2D eigenvalue weighted by Gasteiger charge is 2.65. The number of hydrogen-bond acceptors (Lipinski definition) is 4. The predicted octanol–water partition coefficient (Wildman–Crippen LogP) is 5.80. The van der Waals surface area contributed by atoms with Gasteiger partial charge in [0, 0.05) is 12.1 Å². The first-order valence-corrected chi connectivity index (χ1v) is 14.6. The average molecular weight is 536 g/mol. The van der Waals surface area contributed by atoms with Gasteiger partial charge in [0.15, 0.2) is 0 Å². The molecule has 0 heterocycles. The maximum atomic E-state index is 13.4. The lowest BCUT2D eigenvalue weighted by molar-refractivity contribution is -0.207. The quantitative estimate of drug-likeness (QED) is 0.384. The van der Waals surface area contributed by atoms with Gasteiger partial charge in [0.05, 0.1) is 23.3 Å². The highest BCUT2D eigenvalue weighted by Crippen LogP contribution is 2.68. The van der Waals surface area contributed by atoms with E-state index in [1.54, 1.807) is 0 Å². The van der Waals surface area contributed by atoms with E-state index < -0.39 is 11.9 Å². The van der Waals surface area contributed by atoms with Crippen molar-refractivity contribution >= 4 is 23.2 Å². The summed E-state index contributed by atoms with van der Waals surface area (Å²) in [6, 6.07) is 4.17. The number of amides is 1. The van der Waals surface area contributed by atoms with Crippen molar-refractivity contribution in [3.05, 3.63) is 29.0 Å². The predicted molar refractivity (Wildman–Crippen MR) is 142 cm³/mol. The zero-order valence-electron chi connectivity index (χ0n) is 22.3. The van der Waals surface area contributed by atoms with Gasteiger partial charge < -0.3 is 20.6 Å².